The Morgan fingerprint density at radius 1 is 1.02 bits per heavy atom. The van der Waals surface area contributed by atoms with Crippen LogP contribution >= 0.6 is 11.3 Å². The van der Waals surface area contributed by atoms with Gasteiger partial charge < -0.3 is 5.32 Å². The summed E-state index contributed by atoms with van der Waals surface area (Å²) in [5.41, 5.74) is 1.64. The minimum Gasteiger partial charge on any atom is -0.324 e. The monoisotopic (exact) mass is 579 g/mol. The first kappa shape index (κ1) is 27.2. The highest BCUT2D eigenvalue weighted by Crippen LogP contribution is 2.44. The Morgan fingerprint density at radius 2 is 1.75 bits per heavy atom. The zero-order valence-electron chi connectivity index (χ0n) is 22.5. The topological polar surface area (TPSA) is 113 Å². The van der Waals surface area contributed by atoms with Gasteiger partial charge in [-0.2, -0.15) is 0 Å². The Hall–Kier alpha value is -2.99. The van der Waals surface area contributed by atoms with E-state index in [1.54, 1.807) is 18.2 Å². The van der Waals surface area contributed by atoms with Crippen LogP contribution in [0.2, 0.25) is 0 Å². The zero-order chi connectivity index (χ0) is 27.9. The Morgan fingerprint density at radius 3 is 2.40 bits per heavy atom. The summed E-state index contributed by atoms with van der Waals surface area (Å²) in [4.78, 5) is 31.7. The molecule has 9 nitrogen and oxygen atoms in total. The number of sulfone groups is 1. The molecule has 1 aromatic heterocycles. The fourth-order valence-corrected chi connectivity index (χ4v) is 7.20. The van der Waals surface area contributed by atoms with Crippen molar-refractivity contribution in [1.29, 1.82) is 0 Å². The summed E-state index contributed by atoms with van der Waals surface area (Å²) in [7, 11) is -3.36. The van der Waals surface area contributed by atoms with E-state index in [0.29, 0.717) is 21.8 Å². The van der Waals surface area contributed by atoms with E-state index in [2.05, 4.69) is 25.3 Å². The number of anilines is 1. The molecule has 6 rings (SSSR count). The fraction of sp³-hybridized carbons (Fsp3) is 0.448. The van der Waals surface area contributed by atoms with E-state index in [1.807, 2.05) is 30.3 Å². The van der Waals surface area contributed by atoms with Gasteiger partial charge >= 0.3 is 0 Å². The quantitative estimate of drug-likeness (QED) is 0.364. The van der Waals surface area contributed by atoms with Gasteiger partial charge in [0.1, 0.15) is 15.6 Å². The predicted octanol–water partition coefficient (Wildman–Crippen LogP) is 3.43. The highest BCUT2D eigenvalue weighted by molar-refractivity contribution is 7.89. The molecule has 11 heteroatoms. The summed E-state index contributed by atoms with van der Waals surface area (Å²) >= 11 is 1.37. The molecule has 1 N–H and O–H groups in total. The van der Waals surface area contributed by atoms with Crippen LogP contribution in [-0.4, -0.2) is 84.1 Å². The van der Waals surface area contributed by atoms with Gasteiger partial charge in [-0.05, 0) is 37.3 Å². The molecule has 0 spiro atoms. The molecule has 0 unspecified atom stereocenters. The van der Waals surface area contributed by atoms with Gasteiger partial charge in [-0.15, -0.1) is 10.2 Å². The second-order valence-corrected chi connectivity index (χ2v) is 14.4. The van der Waals surface area contributed by atoms with Crippen molar-refractivity contribution < 1.29 is 18.0 Å². The Kier molecular flexibility index (Phi) is 7.32. The second kappa shape index (κ2) is 10.8. The molecule has 0 atom stereocenters. The molecule has 3 aliphatic rings. The summed E-state index contributed by atoms with van der Waals surface area (Å²) in [6.07, 6.45) is 5.35. The Bertz CT molecular complexity index is 1520. The first-order valence-corrected chi connectivity index (χ1v) is 16.6. The van der Waals surface area contributed by atoms with Crippen LogP contribution in [0.3, 0.4) is 0 Å². The molecule has 2 saturated carbocycles. The number of benzene rings is 2. The van der Waals surface area contributed by atoms with E-state index >= 15 is 0 Å². The average Bonchev–Trinajstić information content (AvgIpc) is 3.87. The van der Waals surface area contributed by atoms with Crippen LogP contribution < -0.4 is 5.32 Å². The molecule has 1 aliphatic heterocycles. The van der Waals surface area contributed by atoms with E-state index in [4.69, 9.17) is 0 Å². The molecule has 210 valence electrons. The summed E-state index contributed by atoms with van der Waals surface area (Å²) < 4.78 is 24.3. The first-order chi connectivity index (χ1) is 19.2. The number of Topliss-reactive ketones (excluding diaryl/α,β-unsaturated/α-hetero) is 1. The normalized spacial score (nSPS) is 19.3. The third kappa shape index (κ3) is 6.02. The van der Waals surface area contributed by atoms with Gasteiger partial charge in [-0.1, -0.05) is 53.8 Å². The van der Waals surface area contributed by atoms with Crippen molar-refractivity contribution in [2.24, 2.45) is 0 Å². The molecule has 2 heterocycles. The molecule has 3 fully saturated rings. The van der Waals surface area contributed by atoms with E-state index in [1.165, 1.54) is 30.4 Å². The number of hydrogen-bond donors (Lipinski definition) is 1. The lowest BCUT2D eigenvalue weighted by atomic mass is 10.0. The maximum absolute atomic E-state index is 13.6. The maximum Gasteiger partial charge on any atom is 0.244 e. The zero-order valence-corrected chi connectivity index (χ0v) is 24.1. The number of hydrogen-bond acceptors (Lipinski definition) is 9. The van der Waals surface area contributed by atoms with Gasteiger partial charge in [0.05, 0.1) is 12.2 Å². The van der Waals surface area contributed by atoms with Gasteiger partial charge in [0.15, 0.2) is 15.6 Å². The van der Waals surface area contributed by atoms with Crippen molar-refractivity contribution in [2.75, 3.05) is 37.8 Å². The van der Waals surface area contributed by atoms with Crippen LogP contribution in [0.5, 0.6) is 0 Å². The van der Waals surface area contributed by atoms with Crippen molar-refractivity contribution in [1.82, 2.24) is 20.0 Å². The van der Waals surface area contributed by atoms with E-state index in [0.717, 1.165) is 55.6 Å². The third-order valence-corrected chi connectivity index (χ3v) is 9.83. The van der Waals surface area contributed by atoms with Crippen molar-refractivity contribution in [2.45, 2.75) is 49.4 Å². The number of nitrogens with zero attached hydrogens (tertiary/aromatic N) is 4. The summed E-state index contributed by atoms with van der Waals surface area (Å²) in [6, 6.07) is 15.3. The minimum atomic E-state index is -3.36. The van der Waals surface area contributed by atoms with Crippen LogP contribution in [-0.2, 0) is 26.8 Å². The molecule has 3 aromatic rings. The molecule has 2 aliphatic carbocycles. The number of piperazine rings is 1. The van der Waals surface area contributed by atoms with Crippen LogP contribution in [0.4, 0.5) is 5.69 Å². The molecule has 40 heavy (non-hydrogen) atoms. The lowest BCUT2D eigenvalue weighted by Crippen LogP contribution is -2.55. The number of carbonyl (C=O) groups is 2. The number of ketones is 1. The van der Waals surface area contributed by atoms with Crippen molar-refractivity contribution in [3.63, 3.8) is 0 Å². The number of nitrogens with one attached hydrogen (secondary N) is 1. The molecule has 0 radical (unpaired) electrons. The number of carbonyl (C=O) groups excluding carboxylic acids is 2. The van der Waals surface area contributed by atoms with E-state index in [-0.39, 0.29) is 23.9 Å². The first-order valence-electron chi connectivity index (χ1n) is 13.7. The lowest BCUT2D eigenvalue weighted by molar-refractivity contribution is -0.123. The summed E-state index contributed by atoms with van der Waals surface area (Å²) in [5, 5.41) is 12.8. The SMILES string of the molecule is CS(=O)(=O)Cc1ccc(C(=O)Cc2nnc(-c3ccccc3)s2)cc1NC(=O)C1(N2CCN(C3CC3)CC2)CC1. The maximum atomic E-state index is 13.6. The second-order valence-electron chi connectivity index (χ2n) is 11.1. The number of rotatable bonds is 10. The lowest BCUT2D eigenvalue weighted by Gasteiger charge is -2.39. The predicted molar refractivity (Wildman–Crippen MR) is 155 cm³/mol. The minimum absolute atomic E-state index is 0.0680. The summed E-state index contributed by atoms with van der Waals surface area (Å²) in [5.74, 6) is -0.515. The largest absolute Gasteiger partial charge is 0.324 e. The molecular formula is C29H33N5O4S2. The van der Waals surface area contributed by atoms with Crippen molar-refractivity contribution in [3.8, 4) is 10.6 Å². The van der Waals surface area contributed by atoms with E-state index in [9.17, 15) is 18.0 Å². The van der Waals surface area contributed by atoms with Crippen molar-refractivity contribution in [3.05, 3.63) is 64.7 Å². The van der Waals surface area contributed by atoms with Crippen LogP contribution in [0.15, 0.2) is 48.5 Å². The van der Waals surface area contributed by atoms with Gasteiger partial charge in [-0.3, -0.25) is 19.4 Å². The smallest absolute Gasteiger partial charge is 0.244 e. The standard InChI is InChI=1S/C29H33N5O4S2/c1-40(37,38)19-22-8-7-21(25(35)18-26-31-32-27(39-26)20-5-3-2-4-6-20)17-24(22)30-28(36)29(11-12-29)34-15-13-33(14-16-34)23-9-10-23/h2-8,17,23H,9-16,18-19H2,1H3,(H,30,36). The molecule has 0 bridgehead atoms. The Labute approximate surface area is 238 Å². The number of amides is 1. The van der Waals surface area contributed by atoms with E-state index < -0.39 is 15.4 Å². The molecule has 2 aromatic carbocycles. The number of aromatic nitrogens is 2. The van der Waals surface area contributed by atoms with Crippen molar-refractivity contribution >= 4 is 38.6 Å². The molecular weight excluding hydrogens is 546 g/mol. The molecule has 1 amide bonds. The van der Waals surface area contributed by atoms with Crippen LogP contribution in [0, 0.1) is 0 Å². The van der Waals surface area contributed by atoms with Gasteiger partial charge in [-0.25, -0.2) is 8.42 Å². The third-order valence-electron chi connectivity index (χ3n) is 8.03. The van der Waals surface area contributed by atoms with Gasteiger partial charge in [0, 0.05) is 55.3 Å². The summed E-state index contributed by atoms with van der Waals surface area (Å²) in [6.45, 7) is 3.65. The fourth-order valence-electron chi connectivity index (χ4n) is 5.54. The van der Waals surface area contributed by atoms with Crippen LogP contribution in [0.1, 0.15) is 46.6 Å². The van der Waals surface area contributed by atoms with Crippen LogP contribution in [0.25, 0.3) is 10.6 Å². The highest BCUT2D eigenvalue weighted by Gasteiger charge is 2.55. The van der Waals surface area contributed by atoms with Gasteiger partial charge in [0.25, 0.3) is 0 Å². The average molecular weight is 580 g/mol. The highest BCUT2D eigenvalue weighted by atomic mass is 32.2. The molecule has 1 saturated heterocycles. The van der Waals surface area contributed by atoms with Gasteiger partial charge in [0.2, 0.25) is 5.91 Å². The Balaban J connectivity index is 1.19.